The van der Waals surface area contributed by atoms with E-state index in [-0.39, 0.29) is 17.6 Å². The first-order chi connectivity index (χ1) is 11.3. The summed E-state index contributed by atoms with van der Waals surface area (Å²) in [5.41, 5.74) is -0.249. The Balaban J connectivity index is 1.68. The average molecular weight is 353 g/mol. The monoisotopic (exact) mass is 352 g/mol. The lowest BCUT2D eigenvalue weighted by Crippen LogP contribution is -2.43. The van der Waals surface area contributed by atoms with Crippen molar-refractivity contribution >= 4 is 17.7 Å². The Bertz CT molecular complexity index is 611. The zero-order valence-electron chi connectivity index (χ0n) is 14.5. The second-order valence-corrected chi connectivity index (χ2v) is 8.33. The van der Waals surface area contributed by atoms with Crippen molar-refractivity contribution in [3.05, 3.63) is 23.4 Å². The van der Waals surface area contributed by atoms with Gasteiger partial charge in [0.25, 0.3) is 0 Å². The summed E-state index contributed by atoms with van der Waals surface area (Å²) in [6.07, 6.45) is 5.93. The summed E-state index contributed by atoms with van der Waals surface area (Å²) in [7, 11) is 0. The van der Waals surface area contributed by atoms with Crippen molar-refractivity contribution in [2.45, 2.75) is 58.1 Å². The fourth-order valence-electron chi connectivity index (χ4n) is 3.54. The molecule has 2 fully saturated rings. The summed E-state index contributed by atoms with van der Waals surface area (Å²) >= 11 is 6.10. The number of halogens is 1. The van der Waals surface area contributed by atoms with Gasteiger partial charge in [-0.3, -0.25) is 0 Å². The van der Waals surface area contributed by atoms with Gasteiger partial charge in [-0.1, -0.05) is 18.0 Å². The van der Waals surface area contributed by atoms with E-state index in [4.69, 9.17) is 21.1 Å². The van der Waals surface area contributed by atoms with Gasteiger partial charge in [-0.2, -0.15) is 0 Å². The van der Waals surface area contributed by atoms with E-state index in [1.165, 1.54) is 19.3 Å². The second-order valence-electron chi connectivity index (χ2n) is 7.92. The molecule has 1 unspecified atom stereocenters. The van der Waals surface area contributed by atoms with Crippen LogP contribution in [0.15, 0.2) is 18.3 Å². The van der Waals surface area contributed by atoms with E-state index in [1.807, 2.05) is 25.7 Å². The third-order valence-electron chi connectivity index (χ3n) is 4.79. The quantitative estimate of drug-likeness (QED) is 0.814. The first-order valence-corrected chi connectivity index (χ1v) is 8.89. The summed E-state index contributed by atoms with van der Waals surface area (Å²) in [4.78, 5) is 18.6. The lowest BCUT2D eigenvalue weighted by Gasteiger charge is -2.37. The van der Waals surface area contributed by atoms with Gasteiger partial charge >= 0.3 is 6.09 Å². The SMILES string of the molecule is CC(C)(C)OC(=O)N1CC2(CCC2)CC1COc1ncccc1Cl. The van der Waals surface area contributed by atoms with Crippen molar-refractivity contribution < 1.29 is 14.3 Å². The summed E-state index contributed by atoms with van der Waals surface area (Å²) in [5, 5.41) is 0.484. The van der Waals surface area contributed by atoms with Gasteiger partial charge in [0, 0.05) is 12.7 Å². The highest BCUT2D eigenvalue weighted by atomic mass is 35.5. The predicted octanol–water partition coefficient (Wildman–Crippen LogP) is 4.29. The van der Waals surface area contributed by atoms with E-state index >= 15 is 0 Å². The molecule has 0 bridgehead atoms. The maximum Gasteiger partial charge on any atom is 0.410 e. The van der Waals surface area contributed by atoms with Crippen LogP contribution >= 0.6 is 11.6 Å². The molecule has 1 aliphatic heterocycles. The van der Waals surface area contributed by atoms with E-state index in [2.05, 4.69) is 4.98 Å². The maximum atomic E-state index is 12.6. The van der Waals surface area contributed by atoms with Crippen LogP contribution in [-0.2, 0) is 4.74 Å². The molecule has 2 heterocycles. The highest BCUT2D eigenvalue weighted by molar-refractivity contribution is 6.31. The number of ether oxygens (including phenoxy) is 2. The summed E-state index contributed by atoms with van der Waals surface area (Å²) in [6, 6.07) is 3.51. The van der Waals surface area contributed by atoms with Crippen molar-refractivity contribution in [2.24, 2.45) is 5.41 Å². The van der Waals surface area contributed by atoms with Gasteiger partial charge in [-0.25, -0.2) is 9.78 Å². The Hall–Kier alpha value is -1.49. The summed E-state index contributed by atoms with van der Waals surface area (Å²) < 4.78 is 11.4. The fraction of sp³-hybridized carbons (Fsp3) is 0.667. The van der Waals surface area contributed by atoms with Crippen molar-refractivity contribution in [3.63, 3.8) is 0 Å². The molecule has 0 aromatic carbocycles. The lowest BCUT2D eigenvalue weighted by atomic mass is 9.67. The fourth-order valence-corrected chi connectivity index (χ4v) is 3.72. The van der Waals surface area contributed by atoms with E-state index in [9.17, 15) is 4.79 Å². The molecule has 1 atom stereocenters. The normalized spacial score (nSPS) is 22.3. The molecule has 0 N–H and O–H groups in total. The molecule has 1 saturated heterocycles. The van der Waals surface area contributed by atoms with E-state index in [0.29, 0.717) is 17.5 Å². The largest absolute Gasteiger partial charge is 0.474 e. The van der Waals surface area contributed by atoms with Crippen LogP contribution in [0.2, 0.25) is 5.02 Å². The first-order valence-electron chi connectivity index (χ1n) is 8.51. The number of nitrogens with zero attached hydrogens (tertiary/aromatic N) is 2. The Morgan fingerprint density at radius 3 is 2.79 bits per heavy atom. The molecule has 3 rings (SSSR count). The van der Waals surface area contributed by atoms with Crippen molar-refractivity contribution in [3.8, 4) is 5.88 Å². The minimum Gasteiger partial charge on any atom is -0.474 e. The zero-order valence-corrected chi connectivity index (χ0v) is 15.3. The summed E-state index contributed by atoms with van der Waals surface area (Å²) in [5.74, 6) is 0.415. The molecule has 2 aliphatic rings. The molecule has 1 amide bonds. The number of aromatic nitrogens is 1. The van der Waals surface area contributed by atoms with Gasteiger partial charge in [0.2, 0.25) is 5.88 Å². The molecule has 132 valence electrons. The topological polar surface area (TPSA) is 51.7 Å². The molecule has 1 saturated carbocycles. The Morgan fingerprint density at radius 2 is 2.21 bits per heavy atom. The van der Waals surface area contributed by atoms with Gasteiger partial charge in [0.05, 0.1) is 6.04 Å². The molecule has 1 spiro atoms. The van der Waals surface area contributed by atoms with Gasteiger partial charge in [-0.15, -0.1) is 0 Å². The molecule has 0 radical (unpaired) electrons. The van der Waals surface area contributed by atoms with Crippen molar-refractivity contribution in [1.82, 2.24) is 9.88 Å². The molecule has 1 aliphatic carbocycles. The summed E-state index contributed by atoms with van der Waals surface area (Å²) in [6.45, 7) is 6.81. The van der Waals surface area contributed by atoms with E-state index in [0.717, 1.165) is 13.0 Å². The highest BCUT2D eigenvalue weighted by Crippen LogP contribution is 2.50. The number of pyridine rings is 1. The van der Waals surface area contributed by atoms with Crippen LogP contribution in [0.4, 0.5) is 4.79 Å². The molecule has 1 aromatic rings. The zero-order chi connectivity index (χ0) is 17.4. The Labute approximate surface area is 148 Å². The van der Waals surface area contributed by atoms with Gasteiger partial charge in [-0.05, 0) is 57.6 Å². The van der Waals surface area contributed by atoms with Crippen molar-refractivity contribution in [2.75, 3.05) is 13.2 Å². The smallest absolute Gasteiger partial charge is 0.410 e. The van der Waals surface area contributed by atoms with Crippen LogP contribution in [0.3, 0.4) is 0 Å². The van der Waals surface area contributed by atoms with Crippen LogP contribution < -0.4 is 4.74 Å². The van der Waals surface area contributed by atoms with Gasteiger partial charge in [0.1, 0.15) is 17.2 Å². The minimum atomic E-state index is -0.498. The molecule has 6 heteroatoms. The maximum absolute atomic E-state index is 12.6. The number of amides is 1. The standard InChI is InChI=1S/C18H25ClN2O3/c1-17(2,3)24-16(22)21-12-18(7-5-8-18)10-13(21)11-23-15-14(19)6-4-9-20-15/h4,6,9,13H,5,7-8,10-12H2,1-3H3. The molecular weight excluding hydrogens is 328 g/mol. The van der Waals surface area contributed by atoms with E-state index < -0.39 is 5.60 Å². The van der Waals surface area contributed by atoms with Crippen LogP contribution in [0.5, 0.6) is 5.88 Å². The Morgan fingerprint density at radius 1 is 1.46 bits per heavy atom. The van der Waals surface area contributed by atoms with Crippen LogP contribution in [0.25, 0.3) is 0 Å². The highest BCUT2D eigenvalue weighted by Gasteiger charge is 2.50. The number of hydrogen-bond acceptors (Lipinski definition) is 4. The third kappa shape index (κ3) is 3.77. The molecule has 1 aromatic heterocycles. The predicted molar refractivity (Wildman–Crippen MR) is 92.4 cm³/mol. The second kappa shape index (κ2) is 6.43. The van der Waals surface area contributed by atoms with Gasteiger partial charge in [0.15, 0.2) is 0 Å². The van der Waals surface area contributed by atoms with Gasteiger partial charge < -0.3 is 14.4 Å². The molecule has 24 heavy (non-hydrogen) atoms. The van der Waals surface area contributed by atoms with E-state index in [1.54, 1.807) is 18.3 Å². The first kappa shape index (κ1) is 17.3. The molecular formula is C18H25ClN2O3. The number of rotatable bonds is 3. The average Bonchev–Trinajstić information content (AvgIpc) is 2.85. The molecule has 5 nitrogen and oxygen atoms in total. The number of hydrogen-bond donors (Lipinski definition) is 0. The van der Waals surface area contributed by atoms with Crippen LogP contribution in [0.1, 0.15) is 46.5 Å². The lowest BCUT2D eigenvalue weighted by molar-refractivity contribution is 0.0157. The van der Waals surface area contributed by atoms with Crippen LogP contribution in [0, 0.1) is 5.41 Å². The Kier molecular flexibility index (Phi) is 4.65. The number of carbonyl (C=O) groups is 1. The number of carbonyl (C=O) groups excluding carboxylic acids is 1. The number of likely N-dealkylation sites (tertiary alicyclic amines) is 1. The minimum absolute atomic E-state index is 0.00165. The van der Waals surface area contributed by atoms with Crippen LogP contribution in [-0.4, -0.2) is 40.8 Å². The third-order valence-corrected chi connectivity index (χ3v) is 5.08. The van der Waals surface area contributed by atoms with Crippen molar-refractivity contribution in [1.29, 1.82) is 0 Å².